The molecule has 3 N–H and O–H groups in total. The molecule has 5 heteroatoms. The molecule has 0 saturated heterocycles. The van der Waals surface area contributed by atoms with Gasteiger partial charge >= 0.3 is 0 Å². The van der Waals surface area contributed by atoms with Crippen LogP contribution in [0, 0.1) is 11.8 Å². The Morgan fingerprint density at radius 3 is 2.75 bits per heavy atom. The fraction of sp³-hybridized carbons (Fsp3) is 0.733. The summed E-state index contributed by atoms with van der Waals surface area (Å²) >= 11 is 0. The third-order valence-corrected chi connectivity index (χ3v) is 3.31. The van der Waals surface area contributed by atoms with Gasteiger partial charge in [0, 0.05) is 25.5 Å². The lowest BCUT2D eigenvalue weighted by atomic mass is 10.00. The summed E-state index contributed by atoms with van der Waals surface area (Å²) in [4.78, 5) is 16.4. The molecule has 1 rings (SSSR count). The molecule has 5 nitrogen and oxygen atoms in total. The number of anilines is 1. The highest BCUT2D eigenvalue weighted by Crippen LogP contribution is 2.10. The van der Waals surface area contributed by atoms with E-state index in [4.69, 9.17) is 5.73 Å². The van der Waals surface area contributed by atoms with Crippen molar-refractivity contribution in [1.82, 2.24) is 9.55 Å². The lowest BCUT2D eigenvalue weighted by Gasteiger charge is -2.16. The molecule has 1 unspecified atom stereocenters. The van der Waals surface area contributed by atoms with Crippen molar-refractivity contribution < 1.29 is 0 Å². The average Bonchev–Trinajstić information content (AvgIpc) is 2.39. The first kappa shape index (κ1) is 16.7. The molecule has 0 aliphatic rings. The number of hydrogen-bond donors (Lipinski definition) is 2. The summed E-state index contributed by atoms with van der Waals surface area (Å²) in [6, 6.07) is 0. The van der Waals surface area contributed by atoms with Crippen LogP contribution in [0.4, 0.5) is 5.82 Å². The minimum atomic E-state index is -0.0378. The zero-order valence-electron chi connectivity index (χ0n) is 12.9. The molecule has 1 heterocycles. The van der Waals surface area contributed by atoms with Gasteiger partial charge in [-0.15, -0.1) is 0 Å². The molecule has 0 radical (unpaired) electrons. The van der Waals surface area contributed by atoms with Gasteiger partial charge in [0.15, 0.2) is 5.82 Å². The van der Waals surface area contributed by atoms with Crippen LogP contribution in [0.25, 0.3) is 0 Å². The maximum absolute atomic E-state index is 12.2. The van der Waals surface area contributed by atoms with Crippen LogP contribution in [-0.2, 0) is 6.54 Å². The molecule has 1 atom stereocenters. The summed E-state index contributed by atoms with van der Waals surface area (Å²) in [5.74, 6) is 1.39. The Labute approximate surface area is 121 Å². The highest BCUT2D eigenvalue weighted by molar-refractivity contribution is 5.30. The van der Waals surface area contributed by atoms with E-state index in [9.17, 15) is 4.79 Å². The standard InChI is InChI=1S/C15H28N4O/c1-4-5-13(6-7-16)10-18-14-15(20)19(9-8-17-14)11-12(2)3/h8-9,12-13H,4-7,10-11,16H2,1-3H3,(H,17,18). The third kappa shape index (κ3) is 5.33. The van der Waals surface area contributed by atoms with Gasteiger partial charge in [-0.3, -0.25) is 4.79 Å². The first-order valence-electron chi connectivity index (χ1n) is 7.57. The van der Waals surface area contributed by atoms with Crippen molar-refractivity contribution in [2.75, 3.05) is 18.4 Å². The van der Waals surface area contributed by atoms with E-state index in [1.807, 2.05) is 0 Å². The van der Waals surface area contributed by atoms with Crippen LogP contribution in [0.1, 0.15) is 40.0 Å². The van der Waals surface area contributed by atoms with Crippen LogP contribution in [0.15, 0.2) is 17.2 Å². The van der Waals surface area contributed by atoms with Crippen molar-refractivity contribution in [3.63, 3.8) is 0 Å². The molecule has 0 aliphatic carbocycles. The highest BCUT2D eigenvalue weighted by atomic mass is 16.1. The lowest BCUT2D eigenvalue weighted by Crippen LogP contribution is -2.28. The smallest absolute Gasteiger partial charge is 0.293 e. The molecule has 1 aromatic heterocycles. The molecule has 114 valence electrons. The Balaban J connectivity index is 2.69. The second-order valence-electron chi connectivity index (χ2n) is 5.74. The van der Waals surface area contributed by atoms with Gasteiger partial charge in [0.05, 0.1) is 0 Å². The molecule has 20 heavy (non-hydrogen) atoms. The maximum Gasteiger partial charge on any atom is 0.293 e. The lowest BCUT2D eigenvalue weighted by molar-refractivity contribution is 0.471. The summed E-state index contributed by atoms with van der Waals surface area (Å²) in [6.45, 7) is 8.53. The van der Waals surface area contributed by atoms with Gasteiger partial charge < -0.3 is 15.6 Å². The monoisotopic (exact) mass is 280 g/mol. The van der Waals surface area contributed by atoms with Crippen LogP contribution < -0.4 is 16.6 Å². The second-order valence-corrected chi connectivity index (χ2v) is 5.74. The topological polar surface area (TPSA) is 72.9 Å². The van der Waals surface area contributed by atoms with Crippen molar-refractivity contribution in [3.05, 3.63) is 22.7 Å². The third-order valence-electron chi connectivity index (χ3n) is 3.31. The number of rotatable bonds is 9. The molecule has 0 fully saturated rings. The molecular formula is C15H28N4O. The Morgan fingerprint density at radius 2 is 2.15 bits per heavy atom. The zero-order valence-corrected chi connectivity index (χ0v) is 12.9. The van der Waals surface area contributed by atoms with Crippen LogP contribution in [0.3, 0.4) is 0 Å². The minimum absolute atomic E-state index is 0.0378. The van der Waals surface area contributed by atoms with Crippen molar-refractivity contribution in [3.8, 4) is 0 Å². The van der Waals surface area contributed by atoms with Crippen LogP contribution in [-0.4, -0.2) is 22.6 Å². The van der Waals surface area contributed by atoms with E-state index in [2.05, 4.69) is 31.1 Å². The molecule has 0 amide bonds. The van der Waals surface area contributed by atoms with Gasteiger partial charge in [0.1, 0.15) is 0 Å². The average molecular weight is 280 g/mol. The first-order chi connectivity index (χ1) is 9.58. The Morgan fingerprint density at radius 1 is 1.40 bits per heavy atom. The SMILES string of the molecule is CCCC(CCN)CNc1nccn(CC(C)C)c1=O. The van der Waals surface area contributed by atoms with E-state index in [0.29, 0.717) is 24.2 Å². The second kappa shape index (κ2) is 8.74. The van der Waals surface area contributed by atoms with Gasteiger partial charge in [-0.1, -0.05) is 27.2 Å². The summed E-state index contributed by atoms with van der Waals surface area (Å²) in [5, 5.41) is 3.20. The van der Waals surface area contributed by atoms with Crippen molar-refractivity contribution in [1.29, 1.82) is 0 Å². The fourth-order valence-corrected chi connectivity index (χ4v) is 2.34. The van der Waals surface area contributed by atoms with E-state index in [-0.39, 0.29) is 5.56 Å². The summed E-state index contributed by atoms with van der Waals surface area (Å²) in [6.07, 6.45) is 6.66. The van der Waals surface area contributed by atoms with Crippen molar-refractivity contribution in [2.45, 2.75) is 46.6 Å². The number of hydrogen-bond acceptors (Lipinski definition) is 4. The molecule has 0 aliphatic heterocycles. The first-order valence-corrected chi connectivity index (χ1v) is 7.57. The van der Waals surface area contributed by atoms with Crippen LogP contribution in [0.5, 0.6) is 0 Å². The van der Waals surface area contributed by atoms with Gasteiger partial charge in [0.2, 0.25) is 0 Å². The Kier molecular flexibility index (Phi) is 7.30. The van der Waals surface area contributed by atoms with Gasteiger partial charge in [-0.2, -0.15) is 0 Å². The summed E-state index contributed by atoms with van der Waals surface area (Å²) in [5.41, 5.74) is 5.59. The number of nitrogens with two attached hydrogens (primary N) is 1. The van der Waals surface area contributed by atoms with Crippen LogP contribution in [0.2, 0.25) is 0 Å². The normalized spacial score (nSPS) is 12.7. The molecule has 0 aromatic carbocycles. The quantitative estimate of drug-likeness (QED) is 0.726. The molecule has 0 saturated carbocycles. The number of nitrogens with one attached hydrogen (secondary N) is 1. The molecular weight excluding hydrogens is 252 g/mol. The van der Waals surface area contributed by atoms with E-state index in [0.717, 1.165) is 32.4 Å². The molecule has 0 bridgehead atoms. The van der Waals surface area contributed by atoms with Gasteiger partial charge in [-0.25, -0.2) is 4.98 Å². The van der Waals surface area contributed by atoms with E-state index in [1.54, 1.807) is 17.0 Å². The van der Waals surface area contributed by atoms with E-state index < -0.39 is 0 Å². The Hall–Kier alpha value is -1.36. The fourth-order valence-electron chi connectivity index (χ4n) is 2.34. The predicted octanol–water partition coefficient (Wildman–Crippen LogP) is 2.08. The number of nitrogens with zero attached hydrogens (tertiary/aromatic N) is 2. The largest absolute Gasteiger partial charge is 0.365 e. The van der Waals surface area contributed by atoms with E-state index >= 15 is 0 Å². The zero-order chi connectivity index (χ0) is 15.0. The van der Waals surface area contributed by atoms with Crippen molar-refractivity contribution >= 4 is 5.82 Å². The Bertz CT molecular complexity index is 436. The van der Waals surface area contributed by atoms with Gasteiger partial charge in [-0.05, 0) is 31.2 Å². The molecule has 1 aromatic rings. The predicted molar refractivity (Wildman–Crippen MR) is 83.9 cm³/mol. The summed E-state index contributed by atoms with van der Waals surface area (Å²) < 4.78 is 1.72. The maximum atomic E-state index is 12.2. The summed E-state index contributed by atoms with van der Waals surface area (Å²) in [7, 11) is 0. The van der Waals surface area contributed by atoms with Gasteiger partial charge in [0.25, 0.3) is 5.56 Å². The highest BCUT2D eigenvalue weighted by Gasteiger charge is 2.10. The number of aromatic nitrogens is 2. The van der Waals surface area contributed by atoms with Crippen LogP contribution >= 0.6 is 0 Å². The molecule has 0 spiro atoms. The van der Waals surface area contributed by atoms with E-state index in [1.165, 1.54) is 0 Å². The minimum Gasteiger partial charge on any atom is -0.365 e. The van der Waals surface area contributed by atoms with Crippen molar-refractivity contribution in [2.24, 2.45) is 17.6 Å².